The first kappa shape index (κ1) is 20.1. The number of thiocarbonyl (C=S) groups is 1. The maximum absolute atomic E-state index is 11.4. The minimum Gasteiger partial charge on any atom is -0.478 e. The molecule has 0 bridgehead atoms. The zero-order valence-corrected chi connectivity index (χ0v) is 18.0. The fraction of sp³-hybridized carbons (Fsp3) is 0.261. The number of likely N-dealkylation sites (N-methyl/N-ethyl adjacent to an activating group) is 1. The molecule has 2 atom stereocenters. The molecule has 6 nitrogen and oxygen atoms in total. The molecule has 0 spiro atoms. The standard InChI is InChI=1S/C23H24N4O2S/c1-4-26-21(20(25-23(26)30)19-10-5-6-11-24-19)18-12-14(2)27(15(18)3)17-9-7-8-16(13-17)22(28)29/h5-13,20-21H,4H2,1-3H3,(H,25,30)(H,28,29)/t20-,21+/m0/s1. The van der Waals surface area contributed by atoms with Crippen LogP contribution < -0.4 is 5.32 Å². The largest absolute Gasteiger partial charge is 0.478 e. The maximum atomic E-state index is 11.4. The van der Waals surface area contributed by atoms with Crippen LogP contribution in [0.15, 0.2) is 54.7 Å². The molecular weight excluding hydrogens is 396 g/mol. The molecule has 3 heterocycles. The van der Waals surface area contributed by atoms with E-state index in [1.54, 1.807) is 24.4 Å². The summed E-state index contributed by atoms with van der Waals surface area (Å²) >= 11 is 5.63. The Kier molecular flexibility index (Phi) is 5.30. The molecule has 7 heteroatoms. The summed E-state index contributed by atoms with van der Waals surface area (Å²) in [6, 6.07) is 15.0. The summed E-state index contributed by atoms with van der Waals surface area (Å²) in [5, 5.41) is 13.5. The number of aromatic carboxylic acids is 1. The molecule has 30 heavy (non-hydrogen) atoms. The quantitative estimate of drug-likeness (QED) is 0.604. The predicted molar refractivity (Wildman–Crippen MR) is 120 cm³/mol. The van der Waals surface area contributed by atoms with Crippen molar-refractivity contribution in [3.05, 3.63) is 82.9 Å². The van der Waals surface area contributed by atoms with Crippen molar-refractivity contribution in [1.29, 1.82) is 0 Å². The number of pyridine rings is 1. The molecule has 1 aromatic carbocycles. The van der Waals surface area contributed by atoms with E-state index >= 15 is 0 Å². The fourth-order valence-electron chi connectivity index (χ4n) is 4.35. The van der Waals surface area contributed by atoms with E-state index in [0.717, 1.165) is 40.0 Å². The van der Waals surface area contributed by atoms with E-state index in [-0.39, 0.29) is 17.6 Å². The number of hydrogen-bond donors (Lipinski definition) is 2. The molecule has 154 valence electrons. The molecule has 0 saturated carbocycles. The molecule has 0 unspecified atom stereocenters. The molecule has 0 amide bonds. The number of carboxylic acid groups (broad SMARTS) is 1. The Bertz CT molecular complexity index is 1110. The van der Waals surface area contributed by atoms with E-state index in [9.17, 15) is 9.90 Å². The van der Waals surface area contributed by atoms with Crippen LogP contribution in [-0.4, -0.2) is 37.2 Å². The van der Waals surface area contributed by atoms with Crippen LogP contribution in [0.4, 0.5) is 0 Å². The lowest BCUT2D eigenvalue weighted by atomic mass is 9.97. The van der Waals surface area contributed by atoms with Gasteiger partial charge in [0.25, 0.3) is 0 Å². The van der Waals surface area contributed by atoms with Gasteiger partial charge in [-0.25, -0.2) is 4.79 Å². The van der Waals surface area contributed by atoms with Gasteiger partial charge in [-0.3, -0.25) is 4.98 Å². The van der Waals surface area contributed by atoms with E-state index in [4.69, 9.17) is 12.2 Å². The first-order chi connectivity index (χ1) is 14.4. The Morgan fingerprint density at radius 2 is 2.00 bits per heavy atom. The van der Waals surface area contributed by atoms with Crippen molar-refractivity contribution in [2.45, 2.75) is 32.9 Å². The molecule has 1 aliphatic rings. The van der Waals surface area contributed by atoms with Crippen molar-refractivity contribution < 1.29 is 9.90 Å². The Morgan fingerprint density at radius 1 is 1.20 bits per heavy atom. The average molecular weight is 421 g/mol. The number of aryl methyl sites for hydroxylation is 1. The Labute approximate surface area is 181 Å². The van der Waals surface area contributed by atoms with Crippen LogP contribution in [0.1, 0.15) is 52.0 Å². The zero-order valence-electron chi connectivity index (χ0n) is 17.2. The molecular formula is C23H24N4O2S. The molecule has 1 fully saturated rings. The second-order valence-electron chi connectivity index (χ2n) is 7.43. The van der Waals surface area contributed by atoms with Gasteiger partial charge in [-0.05, 0) is 75.0 Å². The highest BCUT2D eigenvalue weighted by Crippen LogP contribution is 2.41. The van der Waals surface area contributed by atoms with Gasteiger partial charge in [-0.15, -0.1) is 0 Å². The van der Waals surface area contributed by atoms with Crippen molar-refractivity contribution in [1.82, 2.24) is 19.8 Å². The summed E-state index contributed by atoms with van der Waals surface area (Å²) in [5.41, 5.74) is 5.30. The summed E-state index contributed by atoms with van der Waals surface area (Å²) in [5.74, 6) is -0.933. The molecule has 1 saturated heterocycles. The number of benzene rings is 1. The van der Waals surface area contributed by atoms with Gasteiger partial charge in [0.05, 0.1) is 23.3 Å². The third kappa shape index (κ3) is 3.35. The SMILES string of the molecule is CCN1C(=S)N[C@@H](c2ccccn2)[C@H]1c1cc(C)n(-c2cccc(C(=O)O)c2)c1C. The number of carboxylic acids is 1. The second-order valence-corrected chi connectivity index (χ2v) is 7.82. The number of aromatic nitrogens is 2. The summed E-state index contributed by atoms with van der Waals surface area (Å²) in [4.78, 5) is 18.2. The van der Waals surface area contributed by atoms with Crippen LogP contribution in [0.5, 0.6) is 0 Å². The van der Waals surface area contributed by atoms with Gasteiger partial charge in [0, 0.05) is 29.8 Å². The van der Waals surface area contributed by atoms with Crippen molar-refractivity contribution in [3.63, 3.8) is 0 Å². The summed E-state index contributed by atoms with van der Waals surface area (Å²) < 4.78 is 2.10. The Hall–Kier alpha value is -3.19. The highest BCUT2D eigenvalue weighted by molar-refractivity contribution is 7.80. The molecule has 2 aromatic heterocycles. The van der Waals surface area contributed by atoms with Gasteiger partial charge in [0.1, 0.15) is 0 Å². The van der Waals surface area contributed by atoms with Crippen LogP contribution in [0.2, 0.25) is 0 Å². The number of nitrogens with one attached hydrogen (secondary N) is 1. The summed E-state index contributed by atoms with van der Waals surface area (Å²) in [7, 11) is 0. The maximum Gasteiger partial charge on any atom is 0.335 e. The van der Waals surface area contributed by atoms with Gasteiger partial charge >= 0.3 is 5.97 Å². The Morgan fingerprint density at radius 3 is 2.67 bits per heavy atom. The van der Waals surface area contributed by atoms with Gasteiger partial charge in [0.15, 0.2) is 5.11 Å². The molecule has 0 radical (unpaired) electrons. The number of carbonyl (C=O) groups is 1. The number of nitrogens with zero attached hydrogens (tertiary/aromatic N) is 3. The fourth-order valence-corrected chi connectivity index (χ4v) is 4.72. The van der Waals surface area contributed by atoms with Gasteiger partial charge < -0.3 is 19.9 Å². The Balaban J connectivity index is 1.83. The van der Waals surface area contributed by atoms with E-state index in [1.165, 1.54) is 0 Å². The van der Waals surface area contributed by atoms with Crippen LogP contribution in [-0.2, 0) is 0 Å². The second kappa shape index (κ2) is 7.91. The van der Waals surface area contributed by atoms with E-state index in [2.05, 4.69) is 39.7 Å². The number of rotatable bonds is 5. The lowest BCUT2D eigenvalue weighted by Crippen LogP contribution is -2.29. The lowest BCUT2D eigenvalue weighted by Gasteiger charge is -2.27. The first-order valence-corrected chi connectivity index (χ1v) is 10.3. The van der Waals surface area contributed by atoms with E-state index < -0.39 is 5.97 Å². The molecule has 1 aliphatic heterocycles. The third-order valence-corrected chi connectivity index (χ3v) is 6.03. The lowest BCUT2D eigenvalue weighted by molar-refractivity contribution is 0.0697. The van der Waals surface area contributed by atoms with Crippen LogP contribution >= 0.6 is 12.2 Å². The van der Waals surface area contributed by atoms with E-state index in [1.807, 2.05) is 31.2 Å². The van der Waals surface area contributed by atoms with Crippen LogP contribution in [0.25, 0.3) is 5.69 Å². The zero-order chi connectivity index (χ0) is 21.4. The first-order valence-electron chi connectivity index (χ1n) is 9.93. The highest BCUT2D eigenvalue weighted by atomic mass is 32.1. The number of hydrogen-bond acceptors (Lipinski definition) is 3. The van der Waals surface area contributed by atoms with Crippen molar-refractivity contribution >= 4 is 23.3 Å². The van der Waals surface area contributed by atoms with Crippen molar-refractivity contribution in [2.75, 3.05) is 6.54 Å². The van der Waals surface area contributed by atoms with Gasteiger partial charge in [0.2, 0.25) is 0 Å². The van der Waals surface area contributed by atoms with Crippen LogP contribution in [0.3, 0.4) is 0 Å². The van der Waals surface area contributed by atoms with Gasteiger partial charge in [-0.1, -0.05) is 12.1 Å². The smallest absolute Gasteiger partial charge is 0.335 e. The molecule has 0 aliphatic carbocycles. The normalized spacial score (nSPS) is 18.5. The summed E-state index contributed by atoms with van der Waals surface area (Å²) in [6.45, 7) is 6.98. The predicted octanol–water partition coefficient (Wildman–Crippen LogP) is 4.18. The van der Waals surface area contributed by atoms with Crippen LogP contribution in [0, 0.1) is 13.8 Å². The van der Waals surface area contributed by atoms with E-state index in [0.29, 0.717) is 0 Å². The molecule has 4 rings (SSSR count). The minimum absolute atomic E-state index is 0.00000593. The summed E-state index contributed by atoms with van der Waals surface area (Å²) in [6.07, 6.45) is 1.80. The minimum atomic E-state index is -0.933. The molecule has 3 aromatic rings. The van der Waals surface area contributed by atoms with Crippen molar-refractivity contribution in [2.24, 2.45) is 0 Å². The van der Waals surface area contributed by atoms with Crippen molar-refractivity contribution in [3.8, 4) is 5.69 Å². The third-order valence-electron chi connectivity index (χ3n) is 5.68. The molecule has 2 N–H and O–H groups in total. The monoisotopic (exact) mass is 420 g/mol. The average Bonchev–Trinajstić information content (AvgIpc) is 3.23. The topological polar surface area (TPSA) is 70.4 Å². The highest BCUT2D eigenvalue weighted by Gasteiger charge is 2.40. The van der Waals surface area contributed by atoms with Gasteiger partial charge in [-0.2, -0.15) is 0 Å².